The Kier molecular flexibility index (Phi) is 4.92. The van der Waals surface area contributed by atoms with Crippen molar-refractivity contribution >= 4 is 17.2 Å². The van der Waals surface area contributed by atoms with Crippen LogP contribution in [-0.2, 0) is 6.54 Å². The van der Waals surface area contributed by atoms with Crippen LogP contribution in [0.15, 0.2) is 23.7 Å². The van der Waals surface area contributed by atoms with Crippen molar-refractivity contribution in [3.63, 3.8) is 0 Å². The monoisotopic (exact) mass is 292 g/mol. The highest BCUT2D eigenvalue weighted by molar-refractivity contribution is 7.09. The van der Waals surface area contributed by atoms with Crippen molar-refractivity contribution in [1.82, 2.24) is 20.0 Å². The number of rotatable bonds is 6. The van der Waals surface area contributed by atoms with E-state index in [0.29, 0.717) is 18.7 Å². The minimum Gasteiger partial charge on any atom is -0.332 e. The van der Waals surface area contributed by atoms with Crippen LogP contribution >= 0.6 is 11.3 Å². The van der Waals surface area contributed by atoms with Gasteiger partial charge in [0.15, 0.2) is 0 Å². The van der Waals surface area contributed by atoms with Gasteiger partial charge in [0.1, 0.15) is 0 Å². The SMILES string of the molecule is Cc1[nH]ncc1C(=O)N(CCN(C)C)Cc1cccs1. The van der Waals surface area contributed by atoms with Gasteiger partial charge in [0.2, 0.25) is 0 Å². The smallest absolute Gasteiger partial charge is 0.257 e. The molecule has 0 aromatic carbocycles. The van der Waals surface area contributed by atoms with Crippen LogP contribution in [0.1, 0.15) is 20.9 Å². The summed E-state index contributed by atoms with van der Waals surface area (Å²) >= 11 is 1.67. The second-order valence-corrected chi connectivity index (χ2v) is 6.05. The standard InChI is InChI=1S/C14H20N4OS/c1-11-13(9-15-16-11)14(19)18(7-6-17(2)3)10-12-5-4-8-20-12/h4-5,8-9H,6-7,10H2,1-3H3,(H,15,16). The summed E-state index contributed by atoms with van der Waals surface area (Å²) in [5.74, 6) is 0.0338. The van der Waals surface area contributed by atoms with Crippen LogP contribution in [0.4, 0.5) is 0 Å². The molecule has 0 aliphatic rings. The zero-order chi connectivity index (χ0) is 14.5. The summed E-state index contributed by atoms with van der Waals surface area (Å²) in [7, 11) is 4.02. The van der Waals surface area contributed by atoms with E-state index in [1.807, 2.05) is 37.4 Å². The molecular formula is C14H20N4OS. The Labute approximate surface area is 123 Å². The van der Waals surface area contributed by atoms with Gasteiger partial charge in [-0.3, -0.25) is 9.89 Å². The van der Waals surface area contributed by atoms with Gasteiger partial charge in [-0.2, -0.15) is 5.10 Å². The highest BCUT2D eigenvalue weighted by Gasteiger charge is 2.19. The van der Waals surface area contributed by atoms with Gasteiger partial charge in [0.05, 0.1) is 18.3 Å². The minimum absolute atomic E-state index is 0.0338. The van der Waals surface area contributed by atoms with Gasteiger partial charge in [-0.05, 0) is 32.5 Å². The number of thiophene rings is 1. The van der Waals surface area contributed by atoms with E-state index in [4.69, 9.17) is 0 Å². The van der Waals surface area contributed by atoms with E-state index < -0.39 is 0 Å². The number of likely N-dealkylation sites (N-methyl/N-ethyl adjacent to an activating group) is 1. The molecule has 0 radical (unpaired) electrons. The number of nitrogens with zero attached hydrogens (tertiary/aromatic N) is 3. The van der Waals surface area contributed by atoms with Crippen molar-refractivity contribution in [3.05, 3.63) is 39.8 Å². The maximum atomic E-state index is 12.6. The first-order chi connectivity index (χ1) is 9.58. The van der Waals surface area contributed by atoms with Crippen LogP contribution in [0.25, 0.3) is 0 Å². The number of aromatic nitrogens is 2. The molecule has 2 aromatic rings. The average molecular weight is 292 g/mol. The van der Waals surface area contributed by atoms with Crippen molar-refractivity contribution in [1.29, 1.82) is 0 Å². The Hall–Kier alpha value is -1.66. The fourth-order valence-electron chi connectivity index (χ4n) is 1.90. The van der Waals surface area contributed by atoms with Crippen LogP contribution < -0.4 is 0 Å². The van der Waals surface area contributed by atoms with Gasteiger partial charge in [-0.15, -0.1) is 11.3 Å². The molecule has 6 heteroatoms. The summed E-state index contributed by atoms with van der Waals surface area (Å²) in [5.41, 5.74) is 1.47. The normalized spacial score (nSPS) is 11.0. The molecule has 108 valence electrons. The van der Waals surface area contributed by atoms with E-state index in [1.165, 1.54) is 4.88 Å². The molecule has 5 nitrogen and oxygen atoms in total. The number of hydrogen-bond donors (Lipinski definition) is 1. The predicted octanol–water partition coefficient (Wildman–Crippen LogP) is 1.98. The van der Waals surface area contributed by atoms with E-state index in [-0.39, 0.29) is 5.91 Å². The summed E-state index contributed by atoms with van der Waals surface area (Å²) < 4.78 is 0. The fourth-order valence-corrected chi connectivity index (χ4v) is 2.62. The van der Waals surface area contributed by atoms with E-state index in [9.17, 15) is 4.79 Å². The summed E-state index contributed by atoms with van der Waals surface area (Å²) in [4.78, 5) is 17.8. The van der Waals surface area contributed by atoms with Gasteiger partial charge < -0.3 is 9.80 Å². The minimum atomic E-state index is 0.0338. The first-order valence-corrected chi connectivity index (χ1v) is 7.42. The van der Waals surface area contributed by atoms with Crippen LogP contribution in [0.2, 0.25) is 0 Å². The lowest BCUT2D eigenvalue weighted by Gasteiger charge is -2.23. The van der Waals surface area contributed by atoms with Crippen molar-refractivity contribution < 1.29 is 4.79 Å². The van der Waals surface area contributed by atoms with Crippen LogP contribution in [0, 0.1) is 6.92 Å². The molecule has 1 amide bonds. The Balaban J connectivity index is 2.12. The van der Waals surface area contributed by atoms with Crippen molar-refractivity contribution in [2.24, 2.45) is 0 Å². The molecule has 0 unspecified atom stereocenters. The number of nitrogens with one attached hydrogen (secondary N) is 1. The number of aryl methyl sites for hydroxylation is 1. The van der Waals surface area contributed by atoms with E-state index in [2.05, 4.69) is 21.2 Å². The molecule has 1 N–H and O–H groups in total. The van der Waals surface area contributed by atoms with Gasteiger partial charge >= 0.3 is 0 Å². The molecule has 20 heavy (non-hydrogen) atoms. The Morgan fingerprint density at radius 3 is 2.75 bits per heavy atom. The quantitative estimate of drug-likeness (QED) is 0.886. The maximum absolute atomic E-state index is 12.6. The third-order valence-corrected chi connectivity index (χ3v) is 3.95. The lowest BCUT2D eigenvalue weighted by Crippen LogP contribution is -2.36. The van der Waals surface area contributed by atoms with Crippen molar-refractivity contribution in [2.75, 3.05) is 27.2 Å². The molecule has 0 spiro atoms. The molecule has 0 aliphatic heterocycles. The average Bonchev–Trinajstić information content (AvgIpc) is 3.04. The van der Waals surface area contributed by atoms with E-state index in [0.717, 1.165) is 12.2 Å². The molecule has 0 saturated heterocycles. The zero-order valence-corrected chi connectivity index (χ0v) is 12.9. The molecule has 2 heterocycles. The number of H-pyrrole nitrogens is 1. The second kappa shape index (κ2) is 6.67. The molecule has 0 atom stereocenters. The highest BCUT2D eigenvalue weighted by Crippen LogP contribution is 2.15. The van der Waals surface area contributed by atoms with Crippen LogP contribution in [0.3, 0.4) is 0 Å². The largest absolute Gasteiger partial charge is 0.332 e. The predicted molar refractivity (Wildman–Crippen MR) is 80.9 cm³/mol. The number of amides is 1. The first-order valence-electron chi connectivity index (χ1n) is 6.54. The lowest BCUT2D eigenvalue weighted by molar-refractivity contribution is 0.0733. The molecule has 2 rings (SSSR count). The van der Waals surface area contributed by atoms with Crippen LogP contribution in [0.5, 0.6) is 0 Å². The third-order valence-electron chi connectivity index (χ3n) is 3.09. The van der Waals surface area contributed by atoms with Crippen molar-refractivity contribution in [3.8, 4) is 0 Å². The van der Waals surface area contributed by atoms with E-state index >= 15 is 0 Å². The molecule has 2 aromatic heterocycles. The van der Waals surface area contributed by atoms with Crippen molar-refractivity contribution in [2.45, 2.75) is 13.5 Å². The molecule has 0 saturated carbocycles. The fraction of sp³-hybridized carbons (Fsp3) is 0.429. The first kappa shape index (κ1) is 14.7. The number of carbonyl (C=O) groups is 1. The highest BCUT2D eigenvalue weighted by atomic mass is 32.1. The molecule has 0 aliphatic carbocycles. The lowest BCUT2D eigenvalue weighted by atomic mass is 10.2. The van der Waals surface area contributed by atoms with Gasteiger partial charge in [0, 0.05) is 23.7 Å². The number of hydrogen-bond acceptors (Lipinski definition) is 4. The summed E-state index contributed by atoms with van der Waals surface area (Å²) in [6, 6.07) is 4.07. The van der Waals surface area contributed by atoms with Gasteiger partial charge in [0.25, 0.3) is 5.91 Å². The van der Waals surface area contributed by atoms with Gasteiger partial charge in [-0.1, -0.05) is 6.07 Å². The molecule has 0 bridgehead atoms. The molecule has 0 fully saturated rings. The Bertz CT molecular complexity index is 547. The Morgan fingerprint density at radius 2 is 2.20 bits per heavy atom. The maximum Gasteiger partial charge on any atom is 0.257 e. The van der Waals surface area contributed by atoms with Gasteiger partial charge in [-0.25, -0.2) is 0 Å². The number of carbonyl (C=O) groups excluding carboxylic acids is 1. The summed E-state index contributed by atoms with van der Waals surface area (Å²) in [6.07, 6.45) is 1.61. The topological polar surface area (TPSA) is 52.2 Å². The number of aromatic amines is 1. The van der Waals surface area contributed by atoms with Crippen LogP contribution in [-0.4, -0.2) is 53.1 Å². The second-order valence-electron chi connectivity index (χ2n) is 5.02. The summed E-state index contributed by atoms with van der Waals surface area (Å²) in [6.45, 7) is 4.06. The summed E-state index contributed by atoms with van der Waals surface area (Å²) in [5, 5.41) is 8.79. The Morgan fingerprint density at radius 1 is 1.40 bits per heavy atom. The molecular weight excluding hydrogens is 272 g/mol. The zero-order valence-electron chi connectivity index (χ0n) is 12.1. The van der Waals surface area contributed by atoms with E-state index in [1.54, 1.807) is 17.5 Å². The third kappa shape index (κ3) is 3.68.